The van der Waals surface area contributed by atoms with Crippen LogP contribution in [-0.4, -0.2) is 66.9 Å². The second kappa shape index (κ2) is 17.7. The van der Waals surface area contributed by atoms with Gasteiger partial charge in [0.25, 0.3) is 0 Å². The fourth-order valence-corrected chi connectivity index (χ4v) is 11.0. The van der Waals surface area contributed by atoms with E-state index >= 15 is 0 Å². The molecule has 2 atom stereocenters. The zero-order valence-corrected chi connectivity index (χ0v) is 32.1. The van der Waals surface area contributed by atoms with Gasteiger partial charge in [0, 0.05) is 44.3 Å². The number of rotatable bonds is 19. The third kappa shape index (κ3) is 10.9. The highest BCUT2D eigenvalue weighted by molar-refractivity contribution is 5.78. The highest BCUT2D eigenvalue weighted by atomic mass is 16.3. The van der Waals surface area contributed by atoms with Crippen LogP contribution in [0.5, 0.6) is 34.5 Å². The number of nitrogens with one attached hydrogen (secondary N) is 2. The third-order valence-corrected chi connectivity index (χ3v) is 12.6. The van der Waals surface area contributed by atoms with Crippen LogP contribution < -0.4 is 16.4 Å². The first-order chi connectivity index (χ1) is 26.6. The number of carbonyl (C=O) groups is 3. The first-order valence-electron chi connectivity index (χ1n) is 19.9. The predicted molar refractivity (Wildman–Crippen MR) is 217 cm³/mol. The molecule has 7 rings (SSSR count). The number of phenolic OH excluding ortho intramolecular Hbond substituents is 6. The highest BCUT2D eigenvalue weighted by Gasteiger charge is 2.66. The monoisotopic (exact) mass is 787 g/mol. The van der Waals surface area contributed by atoms with Gasteiger partial charge in [0.15, 0.2) is 34.5 Å². The topological polar surface area (TPSA) is 223 Å². The Bertz CT molecular complexity index is 1710. The smallest absolute Gasteiger partial charge is 0.220 e. The lowest BCUT2D eigenvalue weighted by molar-refractivity contribution is -0.179. The van der Waals surface area contributed by atoms with Crippen LogP contribution in [0.2, 0.25) is 0 Å². The molecule has 4 fully saturated rings. The molecule has 2 amide bonds. The molecule has 4 aliphatic carbocycles. The zero-order chi connectivity index (χ0) is 40.1. The summed E-state index contributed by atoms with van der Waals surface area (Å²) in [5, 5.41) is 64.3. The number of aryl methyl sites for hydroxylation is 1. The number of ketones is 1. The Morgan fingerprint density at radius 2 is 0.877 bits per heavy atom. The number of nitrogens with two attached hydrogens (primary N) is 1. The highest BCUT2D eigenvalue weighted by Crippen LogP contribution is 2.73. The van der Waals surface area contributed by atoms with Gasteiger partial charge >= 0.3 is 0 Å². The maximum Gasteiger partial charge on any atom is 0.220 e. The average molecular weight is 788 g/mol. The lowest BCUT2D eigenvalue weighted by Crippen LogP contribution is -2.67. The molecule has 0 aromatic heterocycles. The van der Waals surface area contributed by atoms with Crippen molar-refractivity contribution in [1.29, 1.82) is 0 Å². The predicted octanol–water partition coefficient (Wildman–Crippen LogP) is 6.54. The van der Waals surface area contributed by atoms with Gasteiger partial charge in [0.05, 0.1) is 0 Å². The van der Waals surface area contributed by atoms with E-state index < -0.39 is 5.54 Å². The second-order valence-electron chi connectivity index (χ2n) is 17.5. The number of benzene rings is 3. The molecule has 0 radical (unpaired) electrons. The molecule has 2 unspecified atom stereocenters. The van der Waals surface area contributed by atoms with E-state index in [4.69, 9.17) is 5.73 Å². The molecule has 3 aromatic rings. The molecule has 0 heterocycles. The molecule has 0 saturated heterocycles. The van der Waals surface area contributed by atoms with E-state index in [0.717, 1.165) is 55.2 Å². The van der Waals surface area contributed by atoms with Gasteiger partial charge in [-0.05, 0) is 153 Å². The molecule has 10 N–H and O–H groups in total. The second-order valence-corrected chi connectivity index (χ2v) is 17.5. The normalized spacial score (nSPS) is 24.4. The van der Waals surface area contributed by atoms with Crippen molar-refractivity contribution in [1.82, 2.24) is 10.6 Å². The summed E-state index contributed by atoms with van der Waals surface area (Å²) in [4.78, 5) is 39.7. The molecule has 57 heavy (non-hydrogen) atoms. The molecular formula is C45H61N3O9. The minimum absolute atomic E-state index is 0. The largest absolute Gasteiger partial charge is 0.504 e. The van der Waals surface area contributed by atoms with Gasteiger partial charge in [0.2, 0.25) is 11.8 Å². The number of carbonyl (C=O) groups excluding carboxylic acids is 3. The van der Waals surface area contributed by atoms with Crippen LogP contribution in [0.4, 0.5) is 0 Å². The van der Waals surface area contributed by atoms with Crippen LogP contribution in [0.3, 0.4) is 0 Å². The first kappa shape index (κ1) is 43.2. The molecule has 0 aliphatic heterocycles. The van der Waals surface area contributed by atoms with Crippen LogP contribution in [0.1, 0.15) is 114 Å². The molecule has 4 bridgehead atoms. The van der Waals surface area contributed by atoms with Gasteiger partial charge in [0.1, 0.15) is 5.78 Å². The van der Waals surface area contributed by atoms with E-state index in [2.05, 4.69) is 10.6 Å². The fourth-order valence-electron chi connectivity index (χ4n) is 11.0. The van der Waals surface area contributed by atoms with Crippen LogP contribution in [0, 0.1) is 16.2 Å². The number of hydrogen-bond donors (Lipinski definition) is 9. The molecule has 3 aromatic carbocycles. The summed E-state index contributed by atoms with van der Waals surface area (Å²) in [6, 6.07) is 14.0. The van der Waals surface area contributed by atoms with Gasteiger partial charge in [-0.25, -0.2) is 0 Å². The van der Waals surface area contributed by atoms with E-state index in [9.17, 15) is 45.0 Å². The average Bonchev–Trinajstić information content (AvgIpc) is 3.13. The minimum atomic E-state index is -0.451. The van der Waals surface area contributed by atoms with Gasteiger partial charge in [-0.2, -0.15) is 0 Å². The summed E-state index contributed by atoms with van der Waals surface area (Å²) >= 11 is 0. The van der Waals surface area contributed by atoms with Gasteiger partial charge in [-0.3, -0.25) is 14.4 Å². The lowest BCUT2D eigenvalue weighted by Gasteiger charge is -2.70. The van der Waals surface area contributed by atoms with Crippen molar-refractivity contribution in [3.8, 4) is 34.5 Å². The Kier molecular flexibility index (Phi) is 13.4. The summed E-state index contributed by atoms with van der Waals surface area (Å²) < 4.78 is 0. The molecule has 4 aliphatic rings. The standard InChI is InChI=1S/C44H57N3O9.CH4/c45-44-26-41(15-10-32(48)3-1-2-29-4-7-33(49)36(52)20-29)23-42(27-44,16-11-39(55)46-18-13-30-5-8-34(50)37(53)21-30)25-43(24-41,28-44)17-12-40(56)47-19-14-31-6-9-35(51)38(54)22-31;/h4-9,20-22,49-54H,1-3,10-19,23-28,45H2,(H,46,55)(H,47,56);1H4. The molecule has 4 saturated carbocycles. The van der Waals surface area contributed by atoms with E-state index in [0.29, 0.717) is 83.7 Å². The van der Waals surface area contributed by atoms with Crippen LogP contribution in [-0.2, 0) is 33.6 Å². The zero-order valence-electron chi connectivity index (χ0n) is 32.1. The third-order valence-electron chi connectivity index (χ3n) is 12.6. The maximum atomic E-state index is 13.3. The number of Topliss-reactive ketones (excluding diaryl/α,β-unsaturated/α-hetero) is 1. The SMILES string of the molecule is C.NC12CC3(CCC(=O)CCCc4ccc(O)c(O)c4)CC(CCC(=O)NCCc4ccc(O)c(O)c4)(C1)CC(CCC(=O)NCCc1ccc(O)c(O)c1)(C2)C3. The summed E-state index contributed by atoms with van der Waals surface area (Å²) in [6.07, 6.45) is 10.9. The van der Waals surface area contributed by atoms with Gasteiger partial charge in [-0.1, -0.05) is 25.6 Å². The Balaban J connectivity index is 0.00000620. The number of aromatic hydroxyl groups is 6. The molecule has 0 spiro atoms. The minimum Gasteiger partial charge on any atom is -0.504 e. The summed E-state index contributed by atoms with van der Waals surface area (Å²) in [7, 11) is 0. The molecule has 310 valence electrons. The van der Waals surface area contributed by atoms with Crippen molar-refractivity contribution in [2.45, 2.75) is 122 Å². The molecular weight excluding hydrogens is 727 g/mol. The van der Waals surface area contributed by atoms with Crippen molar-refractivity contribution in [3.63, 3.8) is 0 Å². The maximum absolute atomic E-state index is 13.3. The number of amides is 2. The fraction of sp³-hybridized carbons (Fsp3) is 0.533. The van der Waals surface area contributed by atoms with Crippen molar-refractivity contribution in [3.05, 3.63) is 71.3 Å². The van der Waals surface area contributed by atoms with Crippen molar-refractivity contribution >= 4 is 17.6 Å². The Labute approximate surface area is 335 Å². The van der Waals surface area contributed by atoms with E-state index in [-0.39, 0.29) is 75.8 Å². The molecule has 12 heteroatoms. The summed E-state index contributed by atoms with van der Waals surface area (Å²) in [5.74, 6) is -1.05. The van der Waals surface area contributed by atoms with Crippen molar-refractivity contribution in [2.24, 2.45) is 22.0 Å². The first-order valence-corrected chi connectivity index (χ1v) is 19.9. The van der Waals surface area contributed by atoms with E-state index in [1.165, 1.54) is 36.4 Å². The number of hydrogen-bond acceptors (Lipinski definition) is 10. The van der Waals surface area contributed by atoms with Crippen molar-refractivity contribution in [2.75, 3.05) is 13.1 Å². The van der Waals surface area contributed by atoms with E-state index in [1.54, 1.807) is 18.2 Å². The van der Waals surface area contributed by atoms with Crippen molar-refractivity contribution < 1.29 is 45.0 Å². The quantitative estimate of drug-likeness (QED) is 0.0597. The lowest BCUT2D eigenvalue weighted by atomic mass is 9.36. The Hall–Kier alpha value is -4.97. The summed E-state index contributed by atoms with van der Waals surface area (Å²) in [6.45, 7) is 0.785. The Morgan fingerprint density at radius 3 is 1.26 bits per heavy atom. The summed E-state index contributed by atoms with van der Waals surface area (Å²) in [5.41, 5.74) is 8.75. The van der Waals surface area contributed by atoms with Gasteiger partial charge < -0.3 is 47.0 Å². The van der Waals surface area contributed by atoms with E-state index in [1.807, 2.05) is 0 Å². The number of phenols is 6. The van der Waals surface area contributed by atoms with Crippen LogP contribution in [0.15, 0.2) is 54.6 Å². The van der Waals surface area contributed by atoms with Crippen LogP contribution in [0.25, 0.3) is 0 Å². The van der Waals surface area contributed by atoms with Crippen LogP contribution >= 0.6 is 0 Å². The molecule has 12 nitrogen and oxygen atoms in total. The van der Waals surface area contributed by atoms with Gasteiger partial charge in [-0.15, -0.1) is 0 Å². The Morgan fingerprint density at radius 1 is 0.509 bits per heavy atom.